The van der Waals surface area contributed by atoms with Gasteiger partial charge in [0.25, 0.3) is 0 Å². The predicted octanol–water partition coefficient (Wildman–Crippen LogP) is 2.47. The Balaban J connectivity index is 2.55. The Bertz CT molecular complexity index is 460. The Hall–Kier alpha value is -1.23. The highest BCUT2D eigenvalue weighted by Gasteiger charge is 2.11. The first-order valence-electron chi connectivity index (χ1n) is 5.63. The third-order valence-electron chi connectivity index (χ3n) is 2.46. The second-order valence-electron chi connectivity index (χ2n) is 4.31. The molecule has 1 N–H and O–H groups in total. The number of ketones is 1. The van der Waals surface area contributed by atoms with Crippen molar-refractivity contribution < 1.29 is 14.0 Å². The second kappa shape index (κ2) is 6.64. The van der Waals surface area contributed by atoms with Crippen molar-refractivity contribution >= 4 is 27.6 Å². The van der Waals surface area contributed by atoms with Gasteiger partial charge >= 0.3 is 0 Å². The van der Waals surface area contributed by atoms with Gasteiger partial charge in [-0.2, -0.15) is 0 Å². The summed E-state index contributed by atoms with van der Waals surface area (Å²) >= 11 is 3.22. The first-order chi connectivity index (χ1) is 8.40. The lowest BCUT2D eigenvalue weighted by Gasteiger charge is -2.07. The van der Waals surface area contributed by atoms with Crippen LogP contribution in [0.1, 0.15) is 19.4 Å². The van der Waals surface area contributed by atoms with Crippen molar-refractivity contribution in [3.63, 3.8) is 0 Å². The summed E-state index contributed by atoms with van der Waals surface area (Å²) in [5.74, 6) is -0.949. The van der Waals surface area contributed by atoms with Gasteiger partial charge < -0.3 is 5.32 Å². The maximum absolute atomic E-state index is 13.4. The molecule has 0 aromatic heterocycles. The average molecular weight is 316 g/mol. The number of benzene rings is 1. The van der Waals surface area contributed by atoms with Crippen LogP contribution < -0.4 is 5.32 Å². The summed E-state index contributed by atoms with van der Waals surface area (Å²) in [5, 5.41) is 2.49. The standard InChI is InChI=1S/C13H15BrFNO2/c1-8(2)12(17)7-16-13(18)6-9-5-10(14)3-4-11(9)15/h3-5,8H,6-7H2,1-2H3,(H,16,18). The van der Waals surface area contributed by atoms with Crippen LogP contribution in [0.15, 0.2) is 22.7 Å². The monoisotopic (exact) mass is 315 g/mol. The Morgan fingerprint density at radius 1 is 1.39 bits per heavy atom. The zero-order valence-corrected chi connectivity index (χ0v) is 11.9. The zero-order valence-electron chi connectivity index (χ0n) is 10.3. The summed E-state index contributed by atoms with van der Waals surface area (Å²) in [5.41, 5.74) is 0.305. The van der Waals surface area contributed by atoms with Gasteiger partial charge in [-0.05, 0) is 23.8 Å². The molecule has 0 fully saturated rings. The van der Waals surface area contributed by atoms with Gasteiger partial charge in [-0.25, -0.2) is 4.39 Å². The highest BCUT2D eigenvalue weighted by Crippen LogP contribution is 2.15. The average Bonchev–Trinajstić information content (AvgIpc) is 2.30. The minimum atomic E-state index is -0.427. The van der Waals surface area contributed by atoms with E-state index in [-0.39, 0.29) is 30.6 Å². The fourth-order valence-electron chi connectivity index (χ4n) is 1.30. The third-order valence-corrected chi connectivity index (χ3v) is 2.96. The zero-order chi connectivity index (χ0) is 13.7. The molecular weight excluding hydrogens is 301 g/mol. The van der Waals surface area contributed by atoms with Gasteiger partial charge in [0, 0.05) is 10.4 Å². The minimum absolute atomic E-state index is 0.00782. The molecule has 0 saturated carbocycles. The summed E-state index contributed by atoms with van der Waals surface area (Å²) in [7, 11) is 0. The smallest absolute Gasteiger partial charge is 0.224 e. The summed E-state index contributed by atoms with van der Waals surface area (Å²) in [6, 6.07) is 4.42. The van der Waals surface area contributed by atoms with Crippen molar-refractivity contribution in [3.05, 3.63) is 34.1 Å². The van der Waals surface area contributed by atoms with Crippen LogP contribution >= 0.6 is 15.9 Å². The number of halogens is 2. The van der Waals surface area contributed by atoms with E-state index in [2.05, 4.69) is 21.2 Å². The largest absolute Gasteiger partial charge is 0.349 e. The van der Waals surface area contributed by atoms with Crippen LogP contribution in [0.25, 0.3) is 0 Å². The molecule has 0 aliphatic rings. The number of Topliss-reactive ketones (excluding diaryl/α,β-unsaturated/α-hetero) is 1. The van der Waals surface area contributed by atoms with Crippen molar-refractivity contribution in [1.82, 2.24) is 5.32 Å². The fourth-order valence-corrected chi connectivity index (χ4v) is 1.71. The molecule has 98 valence electrons. The Kier molecular flexibility index (Phi) is 5.47. The highest BCUT2D eigenvalue weighted by molar-refractivity contribution is 9.10. The summed E-state index contributed by atoms with van der Waals surface area (Å²) < 4.78 is 14.1. The molecule has 0 heterocycles. The normalized spacial score (nSPS) is 10.5. The van der Waals surface area contributed by atoms with E-state index >= 15 is 0 Å². The molecule has 1 aromatic rings. The van der Waals surface area contributed by atoms with Crippen LogP contribution in [0.2, 0.25) is 0 Å². The van der Waals surface area contributed by atoms with Gasteiger partial charge in [0.2, 0.25) is 5.91 Å². The molecule has 0 atom stereocenters. The number of hydrogen-bond donors (Lipinski definition) is 1. The predicted molar refractivity (Wildman–Crippen MR) is 70.7 cm³/mol. The highest BCUT2D eigenvalue weighted by atomic mass is 79.9. The first kappa shape index (κ1) is 14.8. The molecule has 0 radical (unpaired) electrons. The molecule has 0 bridgehead atoms. The number of nitrogens with one attached hydrogen (secondary N) is 1. The molecule has 3 nitrogen and oxygen atoms in total. The molecule has 0 unspecified atom stereocenters. The van der Waals surface area contributed by atoms with Crippen LogP contribution in [0, 0.1) is 11.7 Å². The Morgan fingerprint density at radius 2 is 2.06 bits per heavy atom. The van der Waals surface area contributed by atoms with Gasteiger partial charge in [-0.1, -0.05) is 29.8 Å². The van der Waals surface area contributed by atoms with Crippen LogP contribution in [0.3, 0.4) is 0 Å². The lowest BCUT2D eigenvalue weighted by atomic mass is 10.1. The van der Waals surface area contributed by atoms with Crippen molar-refractivity contribution in [2.45, 2.75) is 20.3 Å². The number of carbonyl (C=O) groups excluding carboxylic acids is 2. The van der Waals surface area contributed by atoms with Gasteiger partial charge in [0.15, 0.2) is 5.78 Å². The van der Waals surface area contributed by atoms with Crippen molar-refractivity contribution in [2.24, 2.45) is 5.92 Å². The number of hydrogen-bond acceptors (Lipinski definition) is 2. The lowest BCUT2D eigenvalue weighted by Crippen LogP contribution is -2.32. The van der Waals surface area contributed by atoms with E-state index in [0.29, 0.717) is 10.0 Å². The van der Waals surface area contributed by atoms with Gasteiger partial charge in [0.1, 0.15) is 5.82 Å². The van der Waals surface area contributed by atoms with Crippen LogP contribution in [-0.4, -0.2) is 18.2 Å². The van der Waals surface area contributed by atoms with Gasteiger partial charge in [0.05, 0.1) is 13.0 Å². The first-order valence-corrected chi connectivity index (χ1v) is 6.42. The minimum Gasteiger partial charge on any atom is -0.349 e. The van der Waals surface area contributed by atoms with E-state index in [1.54, 1.807) is 26.0 Å². The van der Waals surface area contributed by atoms with Crippen LogP contribution in [0.5, 0.6) is 0 Å². The van der Waals surface area contributed by atoms with Crippen LogP contribution in [0.4, 0.5) is 4.39 Å². The van der Waals surface area contributed by atoms with Crippen molar-refractivity contribution in [1.29, 1.82) is 0 Å². The Morgan fingerprint density at radius 3 is 2.67 bits per heavy atom. The van der Waals surface area contributed by atoms with E-state index in [1.807, 2.05) is 0 Å². The molecule has 0 saturated heterocycles. The summed E-state index contributed by atoms with van der Waals surface area (Å²) in [6.45, 7) is 3.52. The summed E-state index contributed by atoms with van der Waals surface area (Å²) in [6.07, 6.45) is -0.0728. The number of amides is 1. The molecule has 18 heavy (non-hydrogen) atoms. The second-order valence-corrected chi connectivity index (χ2v) is 5.23. The van der Waals surface area contributed by atoms with E-state index in [4.69, 9.17) is 0 Å². The molecule has 5 heteroatoms. The molecule has 1 rings (SSSR count). The van der Waals surface area contributed by atoms with Crippen molar-refractivity contribution in [2.75, 3.05) is 6.54 Å². The van der Waals surface area contributed by atoms with Crippen LogP contribution in [-0.2, 0) is 16.0 Å². The van der Waals surface area contributed by atoms with E-state index in [9.17, 15) is 14.0 Å². The summed E-state index contributed by atoms with van der Waals surface area (Å²) in [4.78, 5) is 22.9. The molecule has 1 aromatic carbocycles. The van der Waals surface area contributed by atoms with Gasteiger partial charge in [-0.3, -0.25) is 9.59 Å². The van der Waals surface area contributed by atoms with Crippen molar-refractivity contribution in [3.8, 4) is 0 Å². The fraction of sp³-hybridized carbons (Fsp3) is 0.385. The SMILES string of the molecule is CC(C)C(=O)CNC(=O)Cc1cc(Br)ccc1F. The maximum Gasteiger partial charge on any atom is 0.224 e. The number of rotatable bonds is 5. The quantitative estimate of drug-likeness (QED) is 0.907. The molecule has 1 amide bonds. The maximum atomic E-state index is 13.4. The van der Waals surface area contributed by atoms with E-state index in [0.717, 1.165) is 0 Å². The Labute approximate surface area is 114 Å². The molecule has 0 spiro atoms. The topological polar surface area (TPSA) is 46.2 Å². The van der Waals surface area contributed by atoms with E-state index in [1.165, 1.54) is 6.07 Å². The lowest BCUT2D eigenvalue weighted by molar-refractivity contribution is -0.126. The molecule has 0 aliphatic carbocycles. The third kappa shape index (κ3) is 4.56. The molecule has 0 aliphatic heterocycles. The van der Waals surface area contributed by atoms with Gasteiger partial charge in [-0.15, -0.1) is 0 Å². The molecular formula is C13H15BrFNO2. The van der Waals surface area contributed by atoms with E-state index < -0.39 is 5.82 Å². The number of carbonyl (C=O) groups is 2.